The number of hydrogen-bond donors (Lipinski definition) is 2. The van der Waals surface area contributed by atoms with Crippen LogP contribution in [-0.4, -0.2) is 21.8 Å². The van der Waals surface area contributed by atoms with Crippen molar-refractivity contribution in [3.8, 4) is 5.75 Å². The minimum Gasteiger partial charge on any atom is -0.495 e. The van der Waals surface area contributed by atoms with Crippen LogP contribution >= 0.6 is 0 Å². The first-order valence-electron chi connectivity index (χ1n) is 9.52. The number of hydrogen-bond acceptors (Lipinski definition) is 3. The Hall–Kier alpha value is -3.68. The second-order valence-corrected chi connectivity index (χ2v) is 7.56. The van der Waals surface area contributed by atoms with Gasteiger partial charge in [-0.2, -0.15) is 0 Å². The molecule has 0 radical (unpaired) electrons. The van der Waals surface area contributed by atoms with E-state index in [0.29, 0.717) is 28.4 Å². The maximum Gasteiger partial charge on any atom is 0.266 e. The first-order chi connectivity index (χ1) is 15.1. The number of carbonyl (C=O) groups excluding carboxylic acids is 1. The molecular formula is C24H20N2O4S. The van der Waals surface area contributed by atoms with Crippen LogP contribution in [0, 0.1) is 0 Å². The number of anilines is 3. The van der Waals surface area contributed by atoms with Crippen molar-refractivity contribution in [3.63, 3.8) is 0 Å². The van der Waals surface area contributed by atoms with Crippen LogP contribution in [0.2, 0.25) is 0 Å². The van der Waals surface area contributed by atoms with E-state index < -0.39 is 11.3 Å². The second-order valence-electron chi connectivity index (χ2n) is 6.73. The molecule has 4 aromatic rings. The van der Waals surface area contributed by atoms with E-state index in [4.69, 9.17) is 4.74 Å². The third kappa shape index (κ3) is 4.28. The van der Waals surface area contributed by atoms with Crippen LogP contribution in [0.3, 0.4) is 0 Å². The highest BCUT2D eigenvalue weighted by molar-refractivity contribution is 7.81. The fourth-order valence-electron chi connectivity index (χ4n) is 3.40. The summed E-state index contributed by atoms with van der Waals surface area (Å²) in [7, 11) is 1.48. The largest absolute Gasteiger partial charge is 0.495 e. The summed E-state index contributed by atoms with van der Waals surface area (Å²) in [5, 5.41) is 4.55. The number of para-hydroxylation sites is 1. The molecule has 4 rings (SSSR count). The SMILES string of the molecule is COc1ccc(C(=O)Nc2ccccc2)cc1N(c1cccc2ccccc12)S(=O)O. The van der Waals surface area contributed by atoms with Crippen LogP contribution in [0.1, 0.15) is 10.4 Å². The molecule has 0 bridgehead atoms. The lowest BCUT2D eigenvalue weighted by atomic mass is 10.1. The van der Waals surface area contributed by atoms with Crippen LogP contribution in [0.15, 0.2) is 91.0 Å². The molecule has 0 spiro atoms. The van der Waals surface area contributed by atoms with Gasteiger partial charge in [0.2, 0.25) is 0 Å². The summed E-state index contributed by atoms with van der Waals surface area (Å²) < 4.78 is 29.4. The maximum atomic E-state index is 12.8. The molecule has 1 unspecified atom stereocenters. The van der Waals surface area contributed by atoms with Gasteiger partial charge in [-0.15, -0.1) is 0 Å². The van der Waals surface area contributed by atoms with E-state index in [-0.39, 0.29) is 5.91 Å². The van der Waals surface area contributed by atoms with E-state index in [9.17, 15) is 13.6 Å². The van der Waals surface area contributed by atoms with Gasteiger partial charge in [-0.3, -0.25) is 9.35 Å². The first-order valence-corrected chi connectivity index (χ1v) is 10.6. The molecule has 0 aliphatic carbocycles. The molecule has 31 heavy (non-hydrogen) atoms. The van der Waals surface area contributed by atoms with Crippen LogP contribution in [0.5, 0.6) is 5.75 Å². The maximum absolute atomic E-state index is 12.8. The predicted molar refractivity (Wildman–Crippen MR) is 124 cm³/mol. The fourth-order valence-corrected chi connectivity index (χ4v) is 4.04. The smallest absolute Gasteiger partial charge is 0.266 e. The van der Waals surface area contributed by atoms with E-state index >= 15 is 0 Å². The van der Waals surface area contributed by atoms with Crippen molar-refractivity contribution in [1.82, 2.24) is 0 Å². The predicted octanol–water partition coefficient (Wildman–Crippen LogP) is 5.38. The standard InChI is InChI=1S/C24H20N2O4S/c1-30-23-15-14-18(24(27)25-19-10-3-2-4-11-19)16-22(23)26(31(28)29)21-13-7-9-17-8-5-6-12-20(17)21/h2-16H,1H3,(H,25,27)(H,28,29). The van der Waals surface area contributed by atoms with Gasteiger partial charge < -0.3 is 10.1 Å². The quantitative estimate of drug-likeness (QED) is 0.401. The average molecular weight is 433 g/mol. The molecule has 0 heterocycles. The van der Waals surface area contributed by atoms with E-state index in [1.807, 2.05) is 54.6 Å². The number of nitrogens with one attached hydrogen (secondary N) is 1. The lowest BCUT2D eigenvalue weighted by Gasteiger charge is -2.24. The summed E-state index contributed by atoms with van der Waals surface area (Å²) in [5.41, 5.74) is 1.81. The van der Waals surface area contributed by atoms with Crippen molar-refractivity contribution in [2.45, 2.75) is 0 Å². The van der Waals surface area contributed by atoms with Gasteiger partial charge in [0, 0.05) is 16.6 Å². The summed E-state index contributed by atoms with van der Waals surface area (Å²) in [6.07, 6.45) is 0. The van der Waals surface area contributed by atoms with Crippen LogP contribution in [-0.2, 0) is 11.3 Å². The summed E-state index contributed by atoms with van der Waals surface area (Å²) in [6, 6.07) is 26.9. The highest BCUT2D eigenvalue weighted by Crippen LogP contribution is 2.39. The molecule has 0 aliphatic rings. The van der Waals surface area contributed by atoms with Crippen LogP contribution in [0.4, 0.5) is 17.1 Å². The highest BCUT2D eigenvalue weighted by Gasteiger charge is 2.23. The molecule has 0 saturated carbocycles. The lowest BCUT2D eigenvalue weighted by molar-refractivity contribution is 0.102. The third-order valence-electron chi connectivity index (χ3n) is 4.83. The van der Waals surface area contributed by atoms with Crippen molar-refractivity contribution in [2.75, 3.05) is 16.7 Å². The topological polar surface area (TPSA) is 78.9 Å². The monoisotopic (exact) mass is 432 g/mol. The Labute approximate surface area is 182 Å². The van der Waals surface area contributed by atoms with E-state index in [2.05, 4.69) is 5.32 Å². The zero-order chi connectivity index (χ0) is 21.8. The zero-order valence-electron chi connectivity index (χ0n) is 16.7. The molecule has 2 N–H and O–H groups in total. The van der Waals surface area contributed by atoms with Crippen molar-refractivity contribution < 1.29 is 18.3 Å². The molecular weight excluding hydrogens is 412 g/mol. The van der Waals surface area contributed by atoms with Crippen molar-refractivity contribution >= 4 is 45.0 Å². The molecule has 0 aromatic heterocycles. The Morgan fingerprint density at radius 1 is 0.903 bits per heavy atom. The summed E-state index contributed by atoms with van der Waals surface area (Å²) in [4.78, 5) is 12.8. The summed E-state index contributed by atoms with van der Waals surface area (Å²) >= 11 is -2.41. The number of nitrogens with zero attached hydrogens (tertiary/aromatic N) is 1. The van der Waals surface area contributed by atoms with E-state index in [1.165, 1.54) is 11.4 Å². The molecule has 6 nitrogen and oxygen atoms in total. The number of methoxy groups -OCH3 is 1. The Kier molecular flexibility index (Phi) is 5.97. The van der Waals surface area contributed by atoms with Gasteiger partial charge >= 0.3 is 0 Å². The first kappa shape index (κ1) is 20.6. The molecule has 4 aromatic carbocycles. The molecule has 0 aliphatic heterocycles. The Morgan fingerprint density at radius 3 is 2.35 bits per heavy atom. The van der Waals surface area contributed by atoms with Gasteiger partial charge in [0.05, 0.1) is 18.5 Å². The van der Waals surface area contributed by atoms with Crippen LogP contribution in [0.25, 0.3) is 10.8 Å². The van der Waals surface area contributed by atoms with Crippen LogP contribution < -0.4 is 14.4 Å². The molecule has 1 amide bonds. The minimum atomic E-state index is -2.41. The Balaban J connectivity index is 1.81. The highest BCUT2D eigenvalue weighted by atomic mass is 32.2. The van der Waals surface area contributed by atoms with E-state index in [0.717, 1.165) is 10.8 Å². The van der Waals surface area contributed by atoms with Crippen molar-refractivity contribution in [3.05, 3.63) is 96.6 Å². The Morgan fingerprint density at radius 2 is 1.61 bits per heavy atom. The van der Waals surface area contributed by atoms with Gasteiger partial charge in [0.1, 0.15) is 5.75 Å². The summed E-state index contributed by atoms with van der Waals surface area (Å²) in [5.74, 6) is 0.0308. The fraction of sp³-hybridized carbons (Fsp3) is 0.0417. The normalized spacial score (nSPS) is 11.7. The van der Waals surface area contributed by atoms with Gasteiger partial charge in [-0.25, -0.2) is 8.51 Å². The van der Waals surface area contributed by atoms with Gasteiger partial charge in [0.25, 0.3) is 17.2 Å². The van der Waals surface area contributed by atoms with Crippen molar-refractivity contribution in [2.24, 2.45) is 0 Å². The molecule has 0 fully saturated rings. The third-order valence-corrected chi connectivity index (χ3v) is 5.54. The van der Waals surface area contributed by atoms with Gasteiger partial charge in [-0.05, 0) is 41.8 Å². The average Bonchev–Trinajstić information content (AvgIpc) is 2.80. The number of benzene rings is 4. The molecule has 1 atom stereocenters. The van der Waals surface area contributed by atoms with E-state index in [1.54, 1.807) is 36.4 Å². The second kappa shape index (κ2) is 8.99. The number of amides is 1. The van der Waals surface area contributed by atoms with Gasteiger partial charge in [-0.1, -0.05) is 54.6 Å². The van der Waals surface area contributed by atoms with Gasteiger partial charge in [0.15, 0.2) is 0 Å². The molecule has 7 heteroatoms. The zero-order valence-corrected chi connectivity index (χ0v) is 17.5. The molecule has 0 saturated heterocycles. The number of fused-ring (bicyclic) bond motifs is 1. The Bertz CT molecular complexity index is 1260. The van der Waals surface area contributed by atoms with Crippen molar-refractivity contribution in [1.29, 1.82) is 0 Å². The number of rotatable bonds is 6. The number of carbonyl (C=O) groups is 1. The lowest BCUT2D eigenvalue weighted by Crippen LogP contribution is -2.21. The minimum absolute atomic E-state index is 0.306. The summed E-state index contributed by atoms with van der Waals surface area (Å²) in [6.45, 7) is 0. The number of ether oxygens (including phenoxy) is 1. The molecule has 156 valence electrons.